The normalized spacial score (nSPS) is 10.7. The summed E-state index contributed by atoms with van der Waals surface area (Å²) in [5, 5.41) is 22.1. The second-order valence-electron chi connectivity index (χ2n) is 4.15. The third kappa shape index (κ3) is 4.03. The van der Waals surface area contributed by atoms with E-state index in [4.69, 9.17) is 9.94 Å². The highest BCUT2D eigenvalue weighted by Crippen LogP contribution is 2.26. The van der Waals surface area contributed by atoms with Gasteiger partial charge >= 0.3 is 0 Å². The van der Waals surface area contributed by atoms with Crippen LogP contribution >= 0.6 is 15.9 Å². The first-order valence-electron chi connectivity index (χ1n) is 5.93. The highest BCUT2D eigenvalue weighted by Gasteiger charge is 2.07. The van der Waals surface area contributed by atoms with Crippen LogP contribution in [0.25, 0.3) is 0 Å². The minimum atomic E-state index is -0.442. The molecule has 0 aliphatic heterocycles. The zero-order chi connectivity index (χ0) is 15.2. The maximum Gasteiger partial charge on any atom is 0.269 e. The Labute approximate surface area is 128 Å². The topological polar surface area (TPSA) is 85.0 Å². The van der Waals surface area contributed by atoms with Crippen molar-refractivity contribution in [2.45, 2.75) is 6.61 Å². The number of ether oxygens (including phenoxy) is 1. The molecule has 0 fully saturated rings. The standard InChI is InChI=1S/C14H11BrN2O4/c15-13-7-10(8-16-18)4-5-14(13)21-9-11-2-1-3-12(6-11)17(19)20/h1-8,18H,9H2. The molecule has 0 aromatic heterocycles. The minimum absolute atomic E-state index is 0.0321. The molecule has 21 heavy (non-hydrogen) atoms. The molecule has 0 amide bonds. The Morgan fingerprint density at radius 2 is 2.14 bits per heavy atom. The van der Waals surface area contributed by atoms with Gasteiger partial charge in [0.1, 0.15) is 12.4 Å². The Bertz CT molecular complexity index is 688. The van der Waals surface area contributed by atoms with Gasteiger partial charge in [-0.3, -0.25) is 10.1 Å². The number of rotatable bonds is 5. The molecule has 0 aliphatic carbocycles. The second-order valence-corrected chi connectivity index (χ2v) is 5.00. The Balaban J connectivity index is 2.09. The van der Waals surface area contributed by atoms with Crippen molar-refractivity contribution >= 4 is 27.8 Å². The number of benzene rings is 2. The molecule has 0 unspecified atom stereocenters. The van der Waals surface area contributed by atoms with Gasteiger partial charge in [0.25, 0.3) is 5.69 Å². The lowest BCUT2D eigenvalue weighted by Gasteiger charge is -2.08. The van der Waals surface area contributed by atoms with Crippen molar-refractivity contribution in [2.24, 2.45) is 5.16 Å². The number of halogens is 1. The van der Waals surface area contributed by atoms with Crippen LogP contribution in [0.3, 0.4) is 0 Å². The van der Waals surface area contributed by atoms with E-state index in [0.717, 1.165) is 0 Å². The predicted octanol–water partition coefficient (Wildman–Crippen LogP) is 3.74. The molecule has 0 bridgehead atoms. The summed E-state index contributed by atoms with van der Waals surface area (Å²) in [4.78, 5) is 10.3. The Hall–Kier alpha value is -2.41. The van der Waals surface area contributed by atoms with Crippen LogP contribution in [-0.4, -0.2) is 16.3 Å². The lowest BCUT2D eigenvalue weighted by Crippen LogP contribution is -1.98. The maximum atomic E-state index is 10.7. The van der Waals surface area contributed by atoms with Crippen LogP contribution in [0.15, 0.2) is 52.1 Å². The molecule has 0 saturated carbocycles. The minimum Gasteiger partial charge on any atom is -0.488 e. The van der Waals surface area contributed by atoms with Crippen molar-refractivity contribution in [3.05, 3.63) is 68.2 Å². The highest BCUT2D eigenvalue weighted by molar-refractivity contribution is 9.10. The van der Waals surface area contributed by atoms with Gasteiger partial charge in [-0.05, 0) is 45.3 Å². The number of nitro benzene ring substituents is 1. The van der Waals surface area contributed by atoms with E-state index in [1.807, 2.05) is 0 Å². The van der Waals surface area contributed by atoms with Crippen LogP contribution in [0.1, 0.15) is 11.1 Å². The van der Waals surface area contributed by atoms with Gasteiger partial charge in [-0.2, -0.15) is 0 Å². The average molecular weight is 351 g/mol. The first-order chi connectivity index (χ1) is 10.1. The Kier molecular flexibility index (Phi) is 4.89. The van der Waals surface area contributed by atoms with E-state index in [1.54, 1.807) is 30.3 Å². The molecule has 0 aliphatic rings. The predicted molar refractivity (Wildman–Crippen MR) is 81.0 cm³/mol. The third-order valence-electron chi connectivity index (χ3n) is 2.68. The molecule has 2 aromatic carbocycles. The van der Waals surface area contributed by atoms with E-state index >= 15 is 0 Å². The van der Waals surface area contributed by atoms with E-state index in [2.05, 4.69) is 21.1 Å². The van der Waals surface area contributed by atoms with E-state index in [-0.39, 0.29) is 12.3 Å². The van der Waals surface area contributed by atoms with Crippen molar-refractivity contribution in [3.63, 3.8) is 0 Å². The summed E-state index contributed by atoms with van der Waals surface area (Å²) in [6.07, 6.45) is 1.30. The van der Waals surface area contributed by atoms with Crippen molar-refractivity contribution in [1.82, 2.24) is 0 Å². The van der Waals surface area contributed by atoms with Gasteiger partial charge in [-0.1, -0.05) is 17.3 Å². The molecule has 0 atom stereocenters. The fourth-order valence-electron chi connectivity index (χ4n) is 1.70. The molecule has 0 heterocycles. The molecular formula is C14H11BrN2O4. The van der Waals surface area contributed by atoms with Gasteiger partial charge in [-0.25, -0.2) is 0 Å². The quantitative estimate of drug-likeness (QED) is 0.385. The molecule has 7 heteroatoms. The molecule has 108 valence electrons. The third-order valence-corrected chi connectivity index (χ3v) is 3.30. The second kappa shape index (κ2) is 6.85. The lowest BCUT2D eigenvalue weighted by atomic mass is 10.2. The largest absolute Gasteiger partial charge is 0.488 e. The summed E-state index contributed by atoms with van der Waals surface area (Å²) in [5.74, 6) is 0.594. The number of hydrogen-bond acceptors (Lipinski definition) is 5. The van der Waals surface area contributed by atoms with Crippen molar-refractivity contribution < 1.29 is 14.9 Å². The zero-order valence-electron chi connectivity index (χ0n) is 10.8. The van der Waals surface area contributed by atoms with Crippen molar-refractivity contribution in [2.75, 3.05) is 0 Å². The number of nitro groups is 1. The lowest BCUT2D eigenvalue weighted by molar-refractivity contribution is -0.384. The van der Waals surface area contributed by atoms with E-state index < -0.39 is 4.92 Å². The van der Waals surface area contributed by atoms with Gasteiger partial charge in [0, 0.05) is 12.1 Å². The molecule has 1 N–H and O–H groups in total. The first-order valence-corrected chi connectivity index (χ1v) is 6.72. The SMILES string of the molecule is O=[N+]([O-])c1cccc(COc2ccc(C=NO)cc2Br)c1. The molecule has 0 saturated heterocycles. The van der Waals surface area contributed by atoms with Gasteiger partial charge < -0.3 is 9.94 Å². The summed E-state index contributed by atoms with van der Waals surface area (Å²) in [6, 6.07) is 11.5. The smallest absolute Gasteiger partial charge is 0.269 e. The Morgan fingerprint density at radius 1 is 1.33 bits per heavy atom. The van der Waals surface area contributed by atoms with E-state index in [1.165, 1.54) is 18.3 Å². The number of hydrogen-bond donors (Lipinski definition) is 1. The summed E-state index contributed by atoms with van der Waals surface area (Å²) >= 11 is 3.35. The van der Waals surface area contributed by atoms with Crippen LogP contribution in [0.4, 0.5) is 5.69 Å². The van der Waals surface area contributed by atoms with E-state index in [9.17, 15) is 10.1 Å². The van der Waals surface area contributed by atoms with Crippen LogP contribution in [-0.2, 0) is 6.61 Å². The van der Waals surface area contributed by atoms with Crippen LogP contribution < -0.4 is 4.74 Å². The fourth-order valence-corrected chi connectivity index (χ4v) is 2.21. The zero-order valence-corrected chi connectivity index (χ0v) is 12.4. The van der Waals surface area contributed by atoms with Crippen LogP contribution in [0.5, 0.6) is 5.75 Å². The molecule has 6 nitrogen and oxygen atoms in total. The molecule has 0 spiro atoms. The van der Waals surface area contributed by atoms with Crippen molar-refractivity contribution in [1.29, 1.82) is 0 Å². The Morgan fingerprint density at radius 3 is 2.81 bits per heavy atom. The number of nitrogens with zero attached hydrogens (tertiary/aromatic N) is 2. The van der Waals surface area contributed by atoms with Crippen LogP contribution in [0, 0.1) is 10.1 Å². The van der Waals surface area contributed by atoms with Crippen LogP contribution in [0.2, 0.25) is 0 Å². The number of non-ortho nitro benzene ring substituents is 1. The summed E-state index contributed by atoms with van der Waals surface area (Å²) in [5.41, 5.74) is 1.45. The molecular weight excluding hydrogens is 340 g/mol. The number of oxime groups is 1. The average Bonchev–Trinajstić information content (AvgIpc) is 2.47. The summed E-state index contributed by atoms with van der Waals surface area (Å²) in [6.45, 7) is 0.216. The van der Waals surface area contributed by atoms with E-state index in [0.29, 0.717) is 21.3 Å². The molecule has 0 radical (unpaired) electrons. The molecule has 2 aromatic rings. The van der Waals surface area contributed by atoms with Gasteiger partial charge in [0.15, 0.2) is 0 Å². The molecule has 2 rings (SSSR count). The van der Waals surface area contributed by atoms with Gasteiger partial charge in [0.05, 0.1) is 15.6 Å². The monoisotopic (exact) mass is 350 g/mol. The van der Waals surface area contributed by atoms with Gasteiger partial charge in [0.2, 0.25) is 0 Å². The summed E-state index contributed by atoms with van der Waals surface area (Å²) in [7, 11) is 0. The highest BCUT2D eigenvalue weighted by atomic mass is 79.9. The van der Waals surface area contributed by atoms with Gasteiger partial charge in [-0.15, -0.1) is 0 Å². The maximum absolute atomic E-state index is 10.7. The van der Waals surface area contributed by atoms with Crippen molar-refractivity contribution in [3.8, 4) is 5.75 Å². The fraction of sp³-hybridized carbons (Fsp3) is 0.0714. The first kappa shape index (κ1) is 15.0. The summed E-state index contributed by atoms with van der Waals surface area (Å²) < 4.78 is 6.31.